The van der Waals surface area contributed by atoms with E-state index in [1.54, 1.807) is 18.2 Å². The van der Waals surface area contributed by atoms with Gasteiger partial charge in [0.25, 0.3) is 11.8 Å². The maximum atomic E-state index is 15.0. The molecule has 4 aliphatic heterocycles. The number of primary amides is 1. The Labute approximate surface area is 469 Å². The number of nitrogens with one attached hydrogen (secondary N) is 5. The number of amides is 9. The molecule has 5 heterocycles. The van der Waals surface area contributed by atoms with E-state index in [0.29, 0.717) is 42.4 Å². The first-order valence-electron chi connectivity index (χ1n) is 26.9. The summed E-state index contributed by atoms with van der Waals surface area (Å²) in [5, 5.41) is 10.8. The van der Waals surface area contributed by atoms with Gasteiger partial charge in [-0.3, -0.25) is 53.0 Å². The number of H-pyrrole nitrogens is 1. The van der Waals surface area contributed by atoms with E-state index in [0.717, 1.165) is 35.4 Å². The van der Waals surface area contributed by atoms with Gasteiger partial charge in [-0.15, -0.1) is 0 Å². The van der Waals surface area contributed by atoms with Crippen LogP contribution in [0, 0.1) is 11.8 Å². The van der Waals surface area contributed by atoms with E-state index < -0.39 is 90.5 Å². The summed E-state index contributed by atoms with van der Waals surface area (Å²) >= 11 is 0. The van der Waals surface area contributed by atoms with E-state index in [9.17, 15) is 61.5 Å². The van der Waals surface area contributed by atoms with Crippen molar-refractivity contribution in [3.05, 3.63) is 142 Å². The van der Waals surface area contributed by atoms with Crippen molar-refractivity contribution in [3.8, 4) is 11.8 Å². The van der Waals surface area contributed by atoms with Gasteiger partial charge in [0.1, 0.15) is 29.9 Å². The minimum atomic E-state index is -5.94. The summed E-state index contributed by atoms with van der Waals surface area (Å²) in [7, 11) is -5.94. The summed E-state index contributed by atoms with van der Waals surface area (Å²) in [5.74, 6) is 0.965. The van der Waals surface area contributed by atoms with Crippen molar-refractivity contribution < 1.29 is 66.3 Å². The van der Waals surface area contributed by atoms with Crippen LogP contribution in [0.25, 0.3) is 10.9 Å². The number of hydrogen-bond acceptors (Lipinski definition) is 10. The summed E-state index contributed by atoms with van der Waals surface area (Å²) in [5.41, 5.74) is 3.10. The molecule has 9 amide bonds. The highest BCUT2D eigenvalue weighted by atomic mass is 31.2. The predicted molar refractivity (Wildman–Crippen MR) is 291 cm³/mol. The highest BCUT2D eigenvalue weighted by molar-refractivity contribution is 7.52. The Bertz CT molecular complexity index is 3420. The van der Waals surface area contributed by atoms with Gasteiger partial charge >= 0.3 is 13.3 Å². The lowest BCUT2D eigenvalue weighted by atomic mass is 9.98. The third-order valence-electron chi connectivity index (χ3n) is 15.3. The molecule has 24 heteroatoms. The van der Waals surface area contributed by atoms with Gasteiger partial charge in [0.2, 0.25) is 41.4 Å². The number of nitrogens with zero attached hydrogens (tertiary/aromatic N) is 3. The quantitative estimate of drug-likeness (QED) is 0.0266. The zero-order chi connectivity index (χ0) is 58.5. The molecular weight excluding hydrogens is 1080 g/mol. The molecule has 0 radical (unpaired) electrons. The molecule has 9 N–H and O–H groups in total. The number of rotatable bonds is 18. The molecule has 0 spiro atoms. The average molecular weight is 1140 g/mol. The topological polar surface area (TPSA) is 311 Å². The third kappa shape index (κ3) is 12.8. The molecule has 5 atom stereocenters. The lowest BCUT2D eigenvalue weighted by molar-refractivity contribution is -0.145. The van der Waals surface area contributed by atoms with Crippen molar-refractivity contribution >= 4 is 71.7 Å². The molecule has 3 fully saturated rings. The van der Waals surface area contributed by atoms with Gasteiger partial charge in [0.15, 0.2) is 0 Å². The van der Waals surface area contributed by atoms with Crippen molar-refractivity contribution in [1.82, 2.24) is 41.0 Å². The summed E-state index contributed by atoms with van der Waals surface area (Å²) in [6, 6.07) is 21.3. The lowest BCUT2D eigenvalue weighted by Gasteiger charge is -2.39. The Hall–Kier alpha value is -8.58. The number of piperidine rings is 1. The van der Waals surface area contributed by atoms with E-state index in [1.807, 2.05) is 60.7 Å². The summed E-state index contributed by atoms with van der Waals surface area (Å²) in [6.07, 6.45) is 1.81. The Morgan fingerprint density at radius 2 is 1.56 bits per heavy atom. The van der Waals surface area contributed by atoms with Crippen LogP contribution >= 0.6 is 7.60 Å². The van der Waals surface area contributed by atoms with Gasteiger partial charge in [-0.25, -0.2) is 0 Å². The average Bonchev–Trinajstić information content (AvgIpc) is 4.36. The minimum Gasteiger partial charge on any atom is -0.370 e. The molecule has 0 aliphatic carbocycles. The first-order chi connectivity index (χ1) is 39.2. The van der Waals surface area contributed by atoms with Gasteiger partial charge in [0.05, 0.1) is 6.04 Å². The number of benzene rings is 4. The molecule has 0 bridgehead atoms. The first-order valence-corrected chi connectivity index (χ1v) is 28.5. The van der Waals surface area contributed by atoms with E-state index in [1.165, 1.54) is 14.7 Å². The molecule has 4 aliphatic rings. The molecular formula is C58H60F2N9O12P. The Morgan fingerprint density at radius 3 is 2.24 bits per heavy atom. The Morgan fingerprint density at radius 1 is 0.841 bits per heavy atom. The van der Waals surface area contributed by atoms with Crippen molar-refractivity contribution in [2.24, 2.45) is 5.73 Å². The summed E-state index contributed by atoms with van der Waals surface area (Å²) < 4.78 is 41.1. The largest absolute Gasteiger partial charge is 0.399 e. The monoisotopic (exact) mass is 1140 g/mol. The Kier molecular flexibility index (Phi) is 17.5. The van der Waals surface area contributed by atoms with Crippen LogP contribution in [-0.2, 0) is 50.3 Å². The van der Waals surface area contributed by atoms with Crippen molar-refractivity contribution in [2.75, 3.05) is 13.1 Å². The van der Waals surface area contributed by atoms with Crippen molar-refractivity contribution in [1.29, 1.82) is 0 Å². The standard InChI is InChI=1S/C58H60F2N9O12P/c59-58(60,82(79,80)81)38-20-22-42-37(30-38)31-44(62-42)53(74)64-45-33-67(50(72)19-10-2-1-5-12-34-17-11-18-40-41(34)32-68(56(40)77)46-25-27-49(71)65-54(46)75)29-28-39-21-24-47(69(39)57(45)78)55(76)63-43(23-26-48(61)70)52(73)66-51(35-13-6-3-7-14-35)36-15-8-4-9-16-36/h3-4,6-9,11,13-18,20,22,30-31,39,43,45-47,51,62H,1-2,10,19,21,23-29,32-33H2,(H2,61,70)(H,63,76)(H,64,74)(H,66,73)(H,65,71,75)(H2,79,80,81)/t39-,43?,45+,46?,47+/m1/s1. The van der Waals surface area contributed by atoms with E-state index >= 15 is 4.79 Å². The van der Waals surface area contributed by atoms with E-state index in [-0.39, 0.29) is 98.9 Å². The minimum absolute atomic E-state index is 0.00871. The second kappa shape index (κ2) is 24.6. The molecule has 0 saturated carbocycles. The van der Waals surface area contributed by atoms with Crippen LogP contribution in [0.15, 0.2) is 103 Å². The Balaban J connectivity index is 0.906. The summed E-state index contributed by atoms with van der Waals surface area (Å²) in [4.78, 5) is 148. The maximum Gasteiger partial charge on any atom is 0.399 e. The van der Waals surface area contributed by atoms with Crippen LogP contribution in [0.4, 0.5) is 8.78 Å². The number of aromatic nitrogens is 1. The number of nitrogens with two attached hydrogens (primary N) is 1. The highest BCUT2D eigenvalue weighted by Gasteiger charge is 2.51. The fraction of sp³-hybridized carbons (Fsp3) is 0.362. The van der Waals surface area contributed by atoms with Gasteiger partial charge in [-0.1, -0.05) is 84.6 Å². The van der Waals surface area contributed by atoms with Gasteiger partial charge < -0.3 is 51.2 Å². The number of carbonyl (C=O) groups excluding carboxylic acids is 9. The number of alkyl halides is 2. The fourth-order valence-electron chi connectivity index (χ4n) is 11.0. The molecule has 82 heavy (non-hydrogen) atoms. The van der Waals surface area contributed by atoms with Gasteiger partial charge in [-0.05, 0) is 92.0 Å². The molecule has 4 aromatic carbocycles. The van der Waals surface area contributed by atoms with Crippen molar-refractivity contribution in [2.45, 2.75) is 119 Å². The van der Waals surface area contributed by atoms with Gasteiger partial charge in [-0.2, -0.15) is 8.78 Å². The molecule has 3 saturated heterocycles. The van der Waals surface area contributed by atoms with Gasteiger partial charge in [0, 0.05) is 79.0 Å². The van der Waals surface area contributed by atoms with Crippen LogP contribution in [-0.4, -0.2) is 126 Å². The third-order valence-corrected chi connectivity index (χ3v) is 16.3. The number of unbranched alkanes of at least 4 members (excludes halogenated alkanes) is 2. The molecule has 1 aromatic heterocycles. The molecule has 428 valence electrons. The molecule has 9 rings (SSSR count). The second-order valence-electron chi connectivity index (χ2n) is 20.8. The smallest absolute Gasteiger partial charge is 0.370 e. The second-order valence-corrected chi connectivity index (χ2v) is 22.4. The zero-order valence-corrected chi connectivity index (χ0v) is 45.2. The van der Waals surface area contributed by atoms with E-state index in [2.05, 4.69) is 38.1 Å². The number of halogens is 2. The SMILES string of the molecule is NC(=O)CCC(NC(=O)[C@@H]1CC[C@@H]2CCN(C(=O)CCCCC#Cc3cccc4c3CN(C3CCC(=O)NC3=O)C4=O)C[C@H](NC(=O)c3cc4cc(C(F)(F)P(=O)(O)O)ccc4[nH]3)C(=O)N21)C(=O)NC(c1ccccc1)c1ccccc1. The lowest BCUT2D eigenvalue weighted by Crippen LogP contribution is -2.62. The van der Waals surface area contributed by atoms with Crippen molar-refractivity contribution in [3.63, 3.8) is 0 Å². The fourth-order valence-corrected chi connectivity index (χ4v) is 11.5. The highest BCUT2D eigenvalue weighted by Crippen LogP contribution is 2.59. The normalized spacial score (nSPS) is 19.5. The molecule has 5 aromatic rings. The van der Waals surface area contributed by atoms with Crippen LogP contribution in [0.3, 0.4) is 0 Å². The zero-order valence-electron chi connectivity index (χ0n) is 44.3. The summed E-state index contributed by atoms with van der Waals surface area (Å²) in [6.45, 7) is -0.0905. The number of hydrogen-bond donors (Lipinski definition) is 8. The van der Waals surface area contributed by atoms with Crippen LogP contribution in [0.2, 0.25) is 0 Å². The predicted octanol–water partition coefficient (Wildman–Crippen LogP) is 4.11. The van der Waals surface area contributed by atoms with Crippen LogP contribution in [0.5, 0.6) is 0 Å². The van der Waals surface area contributed by atoms with Crippen LogP contribution in [0.1, 0.15) is 125 Å². The number of imide groups is 1. The van der Waals surface area contributed by atoms with Crippen LogP contribution < -0.4 is 27.0 Å². The molecule has 21 nitrogen and oxygen atoms in total. The maximum absolute atomic E-state index is 15.0. The number of fused-ring (bicyclic) bond motifs is 3. The van der Waals surface area contributed by atoms with E-state index in [4.69, 9.17) is 5.73 Å². The molecule has 2 unspecified atom stereocenters. The number of aromatic amines is 1. The number of carbonyl (C=O) groups is 9. The first kappa shape index (κ1) is 58.1.